The first-order valence-electron chi connectivity index (χ1n) is 14.5. The fourth-order valence-corrected chi connectivity index (χ4v) is 6.27. The maximum Gasteiger partial charge on any atom is 0.264 e. The molecule has 0 spiro atoms. The third-order valence-electron chi connectivity index (χ3n) is 7.12. The average molecular weight is 616 g/mol. The molecule has 0 saturated carbocycles. The first kappa shape index (κ1) is 32.4. The number of rotatable bonds is 13. The van der Waals surface area contributed by atoms with Crippen molar-refractivity contribution >= 4 is 27.5 Å². The van der Waals surface area contributed by atoms with Crippen molar-refractivity contribution in [3.05, 3.63) is 132 Å². The Morgan fingerprint density at radius 2 is 1.43 bits per heavy atom. The van der Waals surface area contributed by atoms with Gasteiger partial charge in [0.25, 0.3) is 10.0 Å². The summed E-state index contributed by atoms with van der Waals surface area (Å²) >= 11 is 0. The van der Waals surface area contributed by atoms with Gasteiger partial charge in [-0.25, -0.2) is 12.8 Å². The molecule has 0 aliphatic carbocycles. The van der Waals surface area contributed by atoms with Crippen LogP contribution in [0.15, 0.2) is 114 Å². The maximum atomic E-state index is 14.4. The molecular weight excluding hydrogens is 577 g/mol. The minimum atomic E-state index is -4.24. The zero-order valence-electron chi connectivity index (χ0n) is 25.2. The number of nitrogens with zero attached hydrogens (tertiary/aromatic N) is 2. The standard InChI is InChI=1S/C35H38FN3O4S/c1-26(2)23-37-35(41)33(22-28-12-6-4-7-13-28)38(24-29-14-10-11-27(3)21-29)34(40)25-39(31-19-17-30(36)18-20-31)44(42,43)32-15-8-5-9-16-32/h4-21,26,33H,22-25H2,1-3H3,(H,37,41)/t33-/m1/s1. The van der Waals surface area contributed by atoms with Gasteiger partial charge in [-0.15, -0.1) is 0 Å². The Bertz CT molecular complexity index is 1650. The summed E-state index contributed by atoms with van der Waals surface area (Å²) < 4.78 is 42.7. The molecule has 1 atom stereocenters. The molecule has 4 aromatic carbocycles. The van der Waals surface area contributed by atoms with Crippen molar-refractivity contribution in [2.45, 2.75) is 44.7 Å². The topological polar surface area (TPSA) is 86.8 Å². The Morgan fingerprint density at radius 1 is 0.818 bits per heavy atom. The zero-order chi connectivity index (χ0) is 31.7. The van der Waals surface area contributed by atoms with E-state index in [2.05, 4.69) is 5.32 Å². The van der Waals surface area contributed by atoms with Crippen molar-refractivity contribution in [2.75, 3.05) is 17.4 Å². The summed E-state index contributed by atoms with van der Waals surface area (Å²) in [5.74, 6) is -1.26. The molecule has 0 fully saturated rings. The third-order valence-corrected chi connectivity index (χ3v) is 8.90. The normalized spacial score (nSPS) is 12.0. The van der Waals surface area contributed by atoms with Crippen LogP contribution in [0.3, 0.4) is 0 Å². The first-order chi connectivity index (χ1) is 21.0. The summed E-state index contributed by atoms with van der Waals surface area (Å²) in [7, 11) is -4.24. The molecular formula is C35H38FN3O4S. The van der Waals surface area contributed by atoms with E-state index in [4.69, 9.17) is 0 Å². The Balaban J connectivity index is 1.79. The maximum absolute atomic E-state index is 14.4. The van der Waals surface area contributed by atoms with Gasteiger partial charge in [0.1, 0.15) is 18.4 Å². The van der Waals surface area contributed by atoms with Gasteiger partial charge in [0.2, 0.25) is 11.8 Å². The van der Waals surface area contributed by atoms with Crippen molar-refractivity contribution < 1.29 is 22.4 Å². The summed E-state index contributed by atoms with van der Waals surface area (Å²) in [5.41, 5.74) is 2.76. The minimum absolute atomic E-state index is 0.0159. The van der Waals surface area contributed by atoms with E-state index >= 15 is 0 Å². The van der Waals surface area contributed by atoms with Crippen molar-refractivity contribution in [2.24, 2.45) is 5.92 Å². The molecule has 4 aromatic rings. The second-order valence-corrected chi connectivity index (χ2v) is 13.0. The van der Waals surface area contributed by atoms with Gasteiger partial charge in [-0.2, -0.15) is 0 Å². The molecule has 44 heavy (non-hydrogen) atoms. The smallest absolute Gasteiger partial charge is 0.264 e. The molecule has 0 heterocycles. The Labute approximate surface area is 259 Å². The van der Waals surface area contributed by atoms with Gasteiger partial charge in [-0.05, 0) is 60.4 Å². The van der Waals surface area contributed by atoms with Crippen LogP contribution in [-0.2, 0) is 32.6 Å². The molecule has 0 aliphatic rings. The largest absolute Gasteiger partial charge is 0.354 e. The molecule has 230 valence electrons. The monoisotopic (exact) mass is 615 g/mol. The molecule has 9 heteroatoms. The summed E-state index contributed by atoms with van der Waals surface area (Å²) in [5, 5.41) is 2.98. The van der Waals surface area contributed by atoms with Gasteiger partial charge in [0.15, 0.2) is 0 Å². The highest BCUT2D eigenvalue weighted by Gasteiger charge is 2.34. The van der Waals surface area contributed by atoms with E-state index < -0.39 is 34.3 Å². The number of hydrogen-bond acceptors (Lipinski definition) is 4. The molecule has 0 saturated heterocycles. The van der Waals surface area contributed by atoms with Crippen molar-refractivity contribution in [1.29, 1.82) is 0 Å². The molecule has 4 rings (SSSR count). The molecule has 0 bridgehead atoms. The van der Waals surface area contributed by atoms with Crippen LogP contribution in [-0.4, -0.2) is 44.3 Å². The minimum Gasteiger partial charge on any atom is -0.354 e. The van der Waals surface area contributed by atoms with Crippen LogP contribution in [0, 0.1) is 18.7 Å². The van der Waals surface area contributed by atoms with Gasteiger partial charge in [-0.3, -0.25) is 13.9 Å². The number of halogens is 1. The lowest BCUT2D eigenvalue weighted by molar-refractivity contribution is -0.140. The summed E-state index contributed by atoms with van der Waals surface area (Å²) in [6.45, 7) is 5.80. The number of carbonyl (C=O) groups is 2. The zero-order valence-corrected chi connectivity index (χ0v) is 26.0. The number of sulfonamides is 1. The molecule has 2 amide bonds. The quantitative estimate of drug-likeness (QED) is 0.208. The lowest BCUT2D eigenvalue weighted by atomic mass is 10.0. The van der Waals surface area contributed by atoms with E-state index in [1.165, 1.54) is 29.2 Å². The fourth-order valence-electron chi connectivity index (χ4n) is 4.84. The van der Waals surface area contributed by atoms with Crippen LogP contribution in [0.4, 0.5) is 10.1 Å². The lowest BCUT2D eigenvalue weighted by Crippen LogP contribution is -2.53. The molecule has 0 radical (unpaired) electrons. The molecule has 7 nitrogen and oxygen atoms in total. The predicted octanol–water partition coefficient (Wildman–Crippen LogP) is 5.74. The van der Waals surface area contributed by atoms with Gasteiger partial charge < -0.3 is 10.2 Å². The van der Waals surface area contributed by atoms with Crippen LogP contribution >= 0.6 is 0 Å². The van der Waals surface area contributed by atoms with E-state index in [1.54, 1.807) is 18.2 Å². The second-order valence-electron chi connectivity index (χ2n) is 11.2. The van der Waals surface area contributed by atoms with Crippen LogP contribution < -0.4 is 9.62 Å². The summed E-state index contributed by atoms with van der Waals surface area (Å²) in [4.78, 5) is 29.6. The van der Waals surface area contributed by atoms with E-state index in [0.29, 0.717) is 6.54 Å². The van der Waals surface area contributed by atoms with Crippen LogP contribution in [0.1, 0.15) is 30.5 Å². The third kappa shape index (κ3) is 8.54. The van der Waals surface area contributed by atoms with Crippen molar-refractivity contribution in [1.82, 2.24) is 10.2 Å². The van der Waals surface area contributed by atoms with E-state index in [0.717, 1.165) is 33.1 Å². The Hall–Kier alpha value is -4.50. The highest BCUT2D eigenvalue weighted by Crippen LogP contribution is 2.25. The number of amides is 2. The highest BCUT2D eigenvalue weighted by atomic mass is 32.2. The Morgan fingerprint density at radius 3 is 2.05 bits per heavy atom. The molecule has 0 unspecified atom stereocenters. The van der Waals surface area contributed by atoms with Crippen molar-refractivity contribution in [3.8, 4) is 0 Å². The van der Waals surface area contributed by atoms with Crippen LogP contribution in [0.2, 0.25) is 0 Å². The van der Waals surface area contributed by atoms with E-state index in [9.17, 15) is 22.4 Å². The molecule has 0 aliphatic heterocycles. The summed E-state index contributed by atoms with van der Waals surface area (Å²) in [6, 6.07) is 28.8. The lowest BCUT2D eigenvalue weighted by Gasteiger charge is -2.34. The number of benzene rings is 4. The van der Waals surface area contributed by atoms with E-state index in [1.807, 2.05) is 75.4 Å². The van der Waals surface area contributed by atoms with Gasteiger partial charge >= 0.3 is 0 Å². The van der Waals surface area contributed by atoms with Crippen molar-refractivity contribution in [3.63, 3.8) is 0 Å². The van der Waals surface area contributed by atoms with Crippen LogP contribution in [0.5, 0.6) is 0 Å². The number of nitrogens with one attached hydrogen (secondary N) is 1. The van der Waals surface area contributed by atoms with E-state index in [-0.39, 0.29) is 35.4 Å². The number of aryl methyl sites for hydroxylation is 1. The number of anilines is 1. The predicted molar refractivity (Wildman–Crippen MR) is 171 cm³/mol. The SMILES string of the molecule is Cc1cccc(CN(C(=O)CN(c2ccc(F)cc2)S(=O)(=O)c2ccccc2)[C@H](Cc2ccccc2)C(=O)NCC(C)C)c1. The van der Waals surface area contributed by atoms with Crippen LogP contribution in [0.25, 0.3) is 0 Å². The average Bonchev–Trinajstić information content (AvgIpc) is 3.01. The highest BCUT2D eigenvalue weighted by molar-refractivity contribution is 7.92. The second kappa shape index (κ2) is 14.8. The molecule has 1 N–H and O–H groups in total. The van der Waals surface area contributed by atoms with Gasteiger partial charge in [0, 0.05) is 19.5 Å². The number of carbonyl (C=O) groups excluding carboxylic acids is 2. The first-order valence-corrected chi connectivity index (χ1v) is 16.0. The van der Waals surface area contributed by atoms with Gasteiger partial charge in [0.05, 0.1) is 10.6 Å². The number of hydrogen-bond donors (Lipinski definition) is 1. The van der Waals surface area contributed by atoms with Gasteiger partial charge in [-0.1, -0.05) is 92.2 Å². The Kier molecular flexibility index (Phi) is 10.9. The fraction of sp³-hybridized carbons (Fsp3) is 0.257. The molecule has 0 aromatic heterocycles. The summed E-state index contributed by atoms with van der Waals surface area (Å²) in [6.07, 6.45) is 0.226.